The summed E-state index contributed by atoms with van der Waals surface area (Å²) < 4.78 is 0. The summed E-state index contributed by atoms with van der Waals surface area (Å²) >= 11 is 1.71. The Balaban J connectivity index is 1.62. The van der Waals surface area contributed by atoms with Crippen LogP contribution in [0.5, 0.6) is 0 Å². The summed E-state index contributed by atoms with van der Waals surface area (Å²) in [7, 11) is 0. The molecule has 0 unspecified atom stereocenters. The molecule has 1 saturated heterocycles. The fourth-order valence-corrected chi connectivity index (χ4v) is 4.83. The van der Waals surface area contributed by atoms with Gasteiger partial charge in [0, 0.05) is 21.9 Å². The third kappa shape index (κ3) is 3.40. The minimum Gasteiger partial charge on any atom is -0.335 e. The van der Waals surface area contributed by atoms with Gasteiger partial charge in [0.15, 0.2) is 11.5 Å². The molecule has 7 heteroatoms. The number of nitrogens with zero attached hydrogens (tertiary/aromatic N) is 3. The molecule has 1 aliphatic rings. The predicted molar refractivity (Wildman–Crippen MR) is 123 cm³/mol. The average Bonchev–Trinajstić information content (AvgIpc) is 3.53. The summed E-state index contributed by atoms with van der Waals surface area (Å²) in [6.45, 7) is 8.47. The van der Waals surface area contributed by atoms with Gasteiger partial charge >= 0.3 is 0 Å². The normalized spacial score (nSPS) is 16.6. The highest BCUT2D eigenvalue weighted by molar-refractivity contribution is 7.13. The Labute approximate surface area is 178 Å². The molecule has 5 heterocycles. The van der Waals surface area contributed by atoms with Gasteiger partial charge in [0.2, 0.25) is 0 Å². The number of fused-ring (bicyclic) bond motifs is 1. The SMILES string of the molecule is C=C(/C=c1/c(-c2nc3nccc(-c4cccs4)c3[nH]2)n[nH]/c1=C/C)C1CCNCC1. The van der Waals surface area contributed by atoms with Crippen molar-refractivity contribution in [3.63, 3.8) is 0 Å². The number of pyridine rings is 1. The number of H-pyrrole nitrogens is 2. The van der Waals surface area contributed by atoms with Gasteiger partial charge in [-0.15, -0.1) is 11.3 Å². The van der Waals surface area contributed by atoms with E-state index in [1.807, 2.05) is 25.3 Å². The molecular weight excluding hydrogens is 392 g/mol. The second kappa shape index (κ2) is 8.01. The Bertz CT molecular complexity index is 1310. The molecule has 0 bridgehead atoms. The van der Waals surface area contributed by atoms with E-state index in [1.165, 1.54) is 4.88 Å². The zero-order chi connectivity index (χ0) is 20.5. The summed E-state index contributed by atoms with van der Waals surface area (Å²) in [4.78, 5) is 13.9. The van der Waals surface area contributed by atoms with Crippen LogP contribution in [-0.4, -0.2) is 38.2 Å². The molecular formula is C23H24N6S. The fourth-order valence-electron chi connectivity index (χ4n) is 4.07. The number of nitrogens with one attached hydrogen (secondary N) is 3. The monoisotopic (exact) mass is 416 g/mol. The molecule has 0 aromatic carbocycles. The molecule has 30 heavy (non-hydrogen) atoms. The molecule has 0 saturated carbocycles. The average molecular weight is 417 g/mol. The maximum atomic E-state index is 4.76. The summed E-state index contributed by atoms with van der Waals surface area (Å²) in [5.74, 6) is 1.22. The highest BCUT2D eigenvalue weighted by atomic mass is 32.1. The highest BCUT2D eigenvalue weighted by Gasteiger charge is 2.17. The first-order valence-electron chi connectivity index (χ1n) is 10.3. The second-order valence-corrected chi connectivity index (χ2v) is 8.50. The molecule has 1 aliphatic heterocycles. The molecule has 3 N–H and O–H groups in total. The van der Waals surface area contributed by atoms with E-state index in [0.29, 0.717) is 11.6 Å². The van der Waals surface area contributed by atoms with E-state index < -0.39 is 0 Å². The second-order valence-electron chi connectivity index (χ2n) is 7.55. The van der Waals surface area contributed by atoms with Gasteiger partial charge in [-0.25, -0.2) is 9.97 Å². The summed E-state index contributed by atoms with van der Waals surface area (Å²) in [5.41, 5.74) is 4.69. The van der Waals surface area contributed by atoms with E-state index in [-0.39, 0.29) is 0 Å². The molecule has 5 rings (SSSR count). The number of allylic oxidation sites excluding steroid dienone is 1. The smallest absolute Gasteiger partial charge is 0.178 e. The Morgan fingerprint density at radius 1 is 1.27 bits per heavy atom. The van der Waals surface area contributed by atoms with Crippen LogP contribution in [0, 0.1) is 5.92 Å². The van der Waals surface area contributed by atoms with Crippen molar-refractivity contribution in [2.75, 3.05) is 13.1 Å². The minimum atomic E-state index is 0.501. The van der Waals surface area contributed by atoms with Gasteiger partial charge in [0.1, 0.15) is 5.69 Å². The van der Waals surface area contributed by atoms with E-state index >= 15 is 0 Å². The van der Waals surface area contributed by atoms with Gasteiger partial charge in [0.05, 0.1) is 10.9 Å². The van der Waals surface area contributed by atoms with Crippen LogP contribution in [-0.2, 0) is 0 Å². The third-order valence-corrected chi connectivity index (χ3v) is 6.62. The molecule has 0 amide bonds. The van der Waals surface area contributed by atoms with Crippen molar-refractivity contribution >= 4 is 34.7 Å². The van der Waals surface area contributed by atoms with Gasteiger partial charge in [0.25, 0.3) is 0 Å². The molecule has 0 aliphatic carbocycles. The van der Waals surface area contributed by atoms with Crippen LogP contribution in [0.25, 0.3) is 45.3 Å². The molecule has 0 spiro atoms. The Morgan fingerprint density at radius 3 is 2.90 bits per heavy atom. The largest absolute Gasteiger partial charge is 0.335 e. The summed E-state index contributed by atoms with van der Waals surface area (Å²) in [5, 5.41) is 15.2. The van der Waals surface area contributed by atoms with Crippen molar-refractivity contribution in [1.82, 2.24) is 30.5 Å². The molecule has 1 fully saturated rings. The number of piperidine rings is 1. The zero-order valence-corrected chi connectivity index (χ0v) is 17.7. The van der Waals surface area contributed by atoms with E-state index in [0.717, 1.165) is 64.7 Å². The first-order chi connectivity index (χ1) is 14.7. The van der Waals surface area contributed by atoms with E-state index in [1.54, 1.807) is 11.3 Å². The number of thiophene rings is 1. The quantitative estimate of drug-likeness (QED) is 0.477. The number of hydrogen-bond acceptors (Lipinski definition) is 5. The zero-order valence-electron chi connectivity index (χ0n) is 16.9. The van der Waals surface area contributed by atoms with Crippen LogP contribution in [0.1, 0.15) is 19.8 Å². The number of aromatic nitrogens is 5. The molecule has 0 atom stereocenters. The minimum absolute atomic E-state index is 0.501. The third-order valence-electron chi connectivity index (χ3n) is 5.72. The molecule has 6 nitrogen and oxygen atoms in total. The maximum Gasteiger partial charge on any atom is 0.178 e. The van der Waals surface area contributed by atoms with E-state index in [9.17, 15) is 0 Å². The van der Waals surface area contributed by atoms with Crippen LogP contribution in [0.15, 0.2) is 41.9 Å². The van der Waals surface area contributed by atoms with Crippen LogP contribution >= 0.6 is 11.3 Å². The Kier molecular flexibility index (Phi) is 5.06. The van der Waals surface area contributed by atoms with E-state index in [4.69, 9.17) is 4.98 Å². The highest BCUT2D eigenvalue weighted by Crippen LogP contribution is 2.30. The van der Waals surface area contributed by atoms with Crippen molar-refractivity contribution in [1.29, 1.82) is 0 Å². The standard InChI is InChI=1S/C23H24N6S/c1-3-18-17(13-14(2)15-6-9-24-10-7-15)21(29-28-18)23-26-20-16(19-5-4-12-30-19)8-11-25-22(20)27-23/h3-5,8,11-13,15,24,28H,2,6-7,9-10H2,1H3,(H,25,26,27)/b17-13+,18-3+. The molecule has 4 aromatic rings. The Morgan fingerprint density at radius 2 is 2.13 bits per heavy atom. The number of rotatable bonds is 4. The first-order valence-corrected chi connectivity index (χ1v) is 11.1. The Hall–Kier alpha value is -3.03. The maximum absolute atomic E-state index is 4.76. The first kappa shape index (κ1) is 19.0. The van der Waals surface area contributed by atoms with Crippen molar-refractivity contribution in [3.8, 4) is 22.0 Å². The van der Waals surface area contributed by atoms with Crippen LogP contribution in [0.4, 0.5) is 0 Å². The van der Waals surface area contributed by atoms with Crippen molar-refractivity contribution < 1.29 is 0 Å². The number of aromatic amines is 2. The predicted octanol–water partition coefficient (Wildman–Crippen LogP) is 3.21. The van der Waals surface area contributed by atoms with Gasteiger partial charge in [-0.1, -0.05) is 24.3 Å². The summed E-state index contributed by atoms with van der Waals surface area (Å²) in [6.07, 6.45) is 8.25. The lowest BCUT2D eigenvalue weighted by Crippen LogP contribution is -2.29. The number of hydrogen-bond donors (Lipinski definition) is 3. The summed E-state index contributed by atoms with van der Waals surface area (Å²) in [6, 6.07) is 6.19. The van der Waals surface area contributed by atoms with Crippen LogP contribution in [0.3, 0.4) is 0 Å². The molecule has 0 radical (unpaired) electrons. The van der Waals surface area contributed by atoms with E-state index in [2.05, 4.69) is 55.6 Å². The van der Waals surface area contributed by atoms with Crippen LogP contribution < -0.4 is 15.9 Å². The van der Waals surface area contributed by atoms with Crippen molar-refractivity contribution in [2.45, 2.75) is 19.8 Å². The van der Waals surface area contributed by atoms with Gasteiger partial charge in [-0.05, 0) is 62.4 Å². The number of imidazole rings is 1. The molecule has 4 aromatic heterocycles. The van der Waals surface area contributed by atoms with Crippen molar-refractivity contribution in [2.24, 2.45) is 5.92 Å². The van der Waals surface area contributed by atoms with Crippen LogP contribution in [0.2, 0.25) is 0 Å². The van der Waals surface area contributed by atoms with Gasteiger partial charge < -0.3 is 10.3 Å². The fraction of sp³-hybridized carbons (Fsp3) is 0.261. The lowest BCUT2D eigenvalue weighted by molar-refractivity contribution is 0.428. The lowest BCUT2D eigenvalue weighted by atomic mass is 9.90. The molecule has 152 valence electrons. The lowest BCUT2D eigenvalue weighted by Gasteiger charge is -2.22. The van der Waals surface area contributed by atoms with Gasteiger partial charge in [-0.2, -0.15) is 5.10 Å². The topological polar surface area (TPSA) is 82.3 Å². The van der Waals surface area contributed by atoms with Crippen molar-refractivity contribution in [3.05, 3.63) is 52.5 Å². The van der Waals surface area contributed by atoms with Gasteiger partial charge in [-0.3, -0.25) is 5.10 Å².